The molecule has 0 bridgehead atoms. The van der Waals surface area contributed by atoms with Crippen LogP contribution in [0.15, 0.2) is 41.0 Å². The van der Waals surface area contributed by atoms with Gasteiger partial charge in [0.2, 0.25) is 0 Å². The number of ether oxygens (including phenoxy) is 3. The van der Waals surface area contributed by atoms with Crippen LogP contribution in [-0.2, 0) is 11.3 Å². The summed E-state index contributed by atoms with van der Waals surface area (Å²) in [5, 5.41) is 0. The van der Waals surface area contributed by atoms with E-state index in [1.165, 1.54) is 0 Å². The van der Waals surface area contributed by atoms with E-state index in [2.05, 4.69) is 20.9 Å². The first kappa shape index (κ1) is 15.3. The highest BCUT2D eigenvalue weighted by Gasteiger charge is 2.13. The minimum atomic E-state index is -0.487. The largest absolute Gasteiger partial charge is 0.496 e. The van der Waals surface area contributed by atoms with E-state index in [4.69, 9.17) is 14.2 Å². The van der Waals surface area contributed by atoms with Crippen molar-refractivity contribution in [3.05, 3.63) is 52.3 Å². The van der Waals surface area contributed by atoms with E-state index in [0.29, 0.717) is 17.1 Å². The molecule has 2 rings (SSSR count). The van der Waals surface area contributed by atoms with E-state index in [1.807, 2.05) is 0 Å². The second-order valence-electron chi connectivity index (χ2n) is 4.09. The first-order chi connectivity index (χ1) is 10.2. The summed E-state index contributed by atoms with van der Waals surface area (Å²) in [7, 11) is 3.12. The molecule has 0 N–H and O–H groups in total. The summed E-state index contributed by atoms with van der Waals surface area (Å²) in [6, 6.07) is 8.59. The van der Waals surface area contributed by atoms with Crippen molar-refractivity contribution in [2.75, 3.05) is 14.2 Å². The first-order valence-electron chi connectivity index (χ1n) is 6.14. The fourth-order valence-corrected chi connectivity index (χ4v) is 2.22. The van der Waals surface area contributed by atoms with Crippen LogP contribution < -0.4 is 9.47 Å². The maximum absolute atomic E-state index is 11.9. The molecule has 1 aromatic heterocycles. The minimum absolute atomic E-state index is 0.0716. The zero-order valence-corrected chi connectivity index (χ0v) is 13.2. The third-order valence-electron chi connectivity index (χ3n) is 2.79. The van der Waals surface area contributed by atoms with Gasteiger partial charge in [0.1, 0.15) is 23.8 Å². The fraction of sp³-hybridized carbons (Fsp3) is 0.200. The van der Waals surface area contributed by atoms with Crippen LogP contribution in [0.1, 0.15) is 16.1 Å². The van der Waals surface area contributed by atoms with Crippen molar-refractivity contribution in [1.29, 1.82) is 0 Å². The Balaban J connectivity index is 2.14. The lowest BCUT2D eigenvalue weighted by Gasteiger charge is -2.12. The van der Waals surface area contributed by atoms with E-state index in [1.54, 1.807) is 50.7 Å². The van der Waals surface area contributed by atoms with Crippen LogP contribution in [-0.4, -0.2) is 25.2 Å². The quantitative estimate of drug-likeness (QED) is 0.774. The van der Waals surface area contributed by atoms with Crippen molar-refractivity contribution in [1.82, 2.24) is 4.98 Å². The van der Waals surface area contributed by atoms with Crippen molar-refractivity contribution >= 4 is 21.9 Å². The molecule has 0 aliphatic rings. The predicted octanol–water partition coefficient (Wildman–Crippen LogP) is 3.22. The van der Waals surface area contributed by atoms with Gasteiger partial charge in [0.05, 0.1) is 18.7 Å². The zero-order valence-electron chi connectivity index (χ0n) is 11.6. The monoisotopic (exact) mass is 351 g/mol. The van der Waals surface area contributed by atoms with Gasteiger partial charge in [-0.1, -0.05) is 6.07 Å². The Kier molecular flexibility index (Phi) is 5.16. The van der Waals surface area contributed by atoms with Crippen LogP contribution in [0.2, 0.25) is 0 Å². The second kappa shape index (κ2) is 7.08. The normalized spacial score (nSPS) is 10.0. The smallest absolute Gasteiger partial charge is 0.357 e. The number of aromatic nitrogens is 1. The summed E-state index contributed by atoms with van der Waals surface area (Å²) in [5.74, 6) is 0.760. The Morgan fingerprint density at radius 3 is 2.57 bits per heavy atom. The number of hydrogen-bond acceptors (Lipinski definition) is 5. The molecule has 0 saturated carbocycles. The molecule has 0 unspecified atom stereocenters. The summed E-state index contributed by atoms with van der Waals surface area (Å²) in [5.41, 5.74) is 0.974. The third-order valence-corrected chi connectivity index (χ3v) is 3.41. The number of hydrogen-bond donors (Lipinski definition) is 0. The predicted molar refractivity (Wildman–Crippen MR) is 80.6 cm³/mol. The van der Waals surface area contributed by atoms with E-state index in [-0.39, 0.29) is 12.3 Å². The SMILES string of the molecule is COc1cc(COC(=O)c2ccccn2)c(OC)cc1Br. The van der Waals surface area contributed by atoms with Crippen LogP contribution >= 0.6 is 15.9 Å². The molecule has 0 fully saturated rings. The van der Waals surface area contributed by atoms with Crippen LogP contribution in [0.4, 0.5) is 0 Å². The van der Waals surface area contributed by atoms with Crippen molar-refractivity contribution < 1.29 is 19.0 Å². The molecule has 6 heteroatoms. The maximum atomic E-state index is 11.9. The zero-order chi connectivity index (χ0) is 15.2. The molecule has 1 heterocycles. The average molecular weight is 352 g/mol. The van der Waals surface area contributed by atoms with Gasteiger partial charge in [-0.25, -0.2) is 9.78 Å². The van der Waals surface area contributed by atoms with Crippen LogP contribution in [0.25, 0.3) is 0 Å². The van der Waals surface area contributed by atoms with E-state index >= 15 is 0 Å². The van der Waals surface area contributed by atoms with Gasteiger partial charge in [-0.15, -0.1) is 0 Å². The average Bonchev–Trinajstić information content (AvgIpc) is 2.53. The van der Waals surface area contributed by atoms with Crippen molar-refractivity contribution in [3.63, 3.8) is 0 Å². The van der Waals surface area contributed by atoms with Gasteiger partial charge in [-0.05, 0) is 40.2 Å². The van der Waals surface area contributed by atoms with Crippen molar-refractivity contribution in [2.24, 2.45) is 0 Å². The molecular formula is C15H14BrNO4. The highest BCUT2D eigenvalue weighted by atomic mass is 79.9. The molecule has 0 spiro atoms. The fourth-order valence-electron chi connectivity index (χ4n) is 1.74. The first-order valence-corrected chi connectivity index (χ1v) is 6.93. The summed E-state index contributed by atoms with van der Waals surface area (Å²) < 4.78 is 16.5. The summed E-state index contributed by atoms with van der Waals surface area (Å²) in [4.78, 5) is 15.8. The Morgan fingerprint density at radius 1 is 1.19 bits per heavy atom. The van der Waals surface area contributed by atoms with Gasteiger partial charge in [0, 0.05) is 11.8 Å². The van der Waals surface area contributed by atoms with Gasteiger partial charge in [-0.3, -0.25) is 0 Å². The van der Waals surface area contributed by atoms with E-state index in [0.717, 1.165) is 4.47 Å². The van der Waals surface area contributed by atoms with Crippen molar-refractivity contribution in [3.8, 4) is 11.5 Å². The lowest BCUT2D eigenvalue weighted by molar-refractivity contribution is 0.0463. The Bertz CT molecular complexity index is 631. The number of pyridine rings is 1. The number of nitrogens with zero attached hydrogens (tertiary/aromatic N) is 1. The van der Waals surface area contributed by atoms with Gasteiger partial charge in [0.25, 0.3) is 0 Å². The highest BCUT2D eigenvalue weighted by Crippen LogP contribution is 2.33. The Hall–Kier alpha value is -2.08. The van der Waals surface area contributed by atoms with Crippen LogP contribution in [0, 0.1) is 0 Å². The molecule has 2 aromatic rings. The number of benzene rings is 1. The number of carbonyl (C=O) groups is 1. The molecular weight excluding hydrogens is 338 g/mol. The topological polar surface area (TPSA) is 57.7 Å². The molecule has 0 atom stereocenters. The third kappa shape index (κ3) is 3.72. The van der Waals surface area contributed by atoms with E-state index in [9.17, 15) is 4.79 Å². The van der Waals surface area contributed by atoms with Gasteiger partial charge >= 0.3 is 5.97 Å². The number of carbonyl (C=O) groups excluding carboxylic acids is 1. The van der Waals surface area contributed by atoms with Crippen molar-refractivity contribution in [2.45, 2.75) is 6.61 Å². The number of esters is 1. The van der Waals surface area contributed by atoms with Gasteiger partial charge < -0.3 is 14.2 Å². The Morgan fingerprint density at radius 2 is 1.95 bits per heavy atom. The van der Waals surface area contributed by atoms with Gasteiger partial charge in [-0.2, -0.15) is 0 Å². The molecule has 0 aliphatic carbocycles. The summed E-state index contributed by atoms with van der Waals surface area (Å²) >= 11 is 3.38. The number of methoxy groups -OCH3 is 2. The lowest BCUT2D eigenvalue weighted by atomic mass is 10.2. The molecule has 21 heavy (non-hydrogen) atoms. The summed E-state index contributed by atoms with van der Waals surface area (Å²) in [6.07, 6.45) is 1.54. The number of halogens is 1. The lowest BCUT2D eigenvalue weighted by Crippen LogP contribution is -2.08. The minimum Gasteiger partial charge on any atom is -0.496 e. The Labute approximate surface area is 131 Å². The molecule has 0 radical (unpaired) electrons. The molecule has 0 saturated heterocycles. The maximum Gasteiger partial charge on any atom is 0.357 e. The molecule has 0 aliphatic heterocycles. The standard InChI is InChI=1S/C15H14BrNO4/c1-19-13-8-11(16)14(20-2)7-10(13)9-21-15(18)12-5-3-4-6-17-12/h3-8H,9H2,1-2H3. The molecule has 110 valence electrons. The molecule has 1 aromatic carbocycles. The molecule has 5 nitrogen and oxygen atoms in total. The van der Waals surface area contributed by atoms with E-state index < -0.39 is 5.97 Å². The number of rotatable bonds is 5. The summed E-state index contributed by atoms with van der Waals surface area (Å²) in [6.45, 7) is 0.0716. The highest BCUT2D eigenvalue weighted by molar-refractivity contribution is 9.10. The van der Waals surface area contributed by atoms with Gasteiger partial charge in [0.15, 0.2) is 0 Å². The van der Waals surface area contributed by atoms with Crippen LogP contribution in [0.5, 0.6) is 11.5 Å². The second-order valence-corrected chi connectivity index (χ2v) is 4.94. The van der Waals surface area contributed by atoms with Crippen LogP contribution in [0.3, 0.4) is 0 Å². The molecule has 0 amide bonds.